The third-order valence-electron chi connectivity index (χ3n) is 7.08. The molecule has 6 rings (SSSR count). The Bertz CT molecular complexity index is 1130. The summed E-state index contributed by atoms with van der Waals surface area (Å²) in [5.41, 5.74) is 4.23. The van der Waals surface area contributed by atoms with Gasteiger partial charge in [-0.25, -0.2) is 4.79 Å². The Morgan fingerprint density at radius 3 is 2.80 bits per heavy atom. The van der Waals surface area contributed by atoms with E-state index in [0.29, 0.717) is 6.04 Å². The molecule has 6 nitrogen and oxygen atoms in total. The maximum Gasteiger partial charge on any atom is 0.410 e. The summed E-state index contributed by atoms with van der Waals surface area (Å²) in [5.74, 6) is 0. The van der Waals surface area contributed by atoms with Crippen molar-refractivity contribution in [1.29, 1.82) is 0 Å². The molecule has 1 atom stereocenters. The molecular formula is C24H26N4O2. The van der Waals surface area contributed by atoms with Crippen LogP contribution in [-0.2, 0) is 10.2 Å². The zero-order valence-corrected chi connectivity index (χ0v) is 17.3. The normalized spacial score (nSPS) is 22.4. The van der Waals surface area contributed by atoms with Crippen molar-refractivity contribution >= 4 is 17.0 Å². The van der Waals surface area contributed by atoms with E-state index in [9.17, 15) is 4.79 Å². The van der Waals surface area contributed by atoms with Gasteiger partial charge >= 0.3 is 6.09 Å². The zero-order chi connectivity index (χ0) is 20.3. The molecule has 1 saturated carbocycles. The van der Waals surface area contributed by atoms with E-state index in [0.717, 1.165) is 54.5 Å². The van der Waals surface area contributed by atoms with Gasteiger partial charge in [0, 0.05) is 41.3 Å². The second kappa shape index (κ2) is 6.56. The van der Waals surface area contributed by atoms with E-state index >= 15 is 0 Å². The number of likely N-dealkylation sites (tertiary alicyclic amines) is 1. The number of aromatic nitrogens is 3. The predicted molar refractivity (Wildman–Crippen MR) is 114 cm³/mol. The minimum absolute atomic E-state index is 0.00361. The van der Waals surface area contributed by atoms with Crippen molar-refractivity contribution < 1.29 is 9.53 Å². The van der Waals surface area contributed by atoms with E-state index in [2.05, 4.69) is 34.8 Å². The van der Waals surface area contributed by atoms with E-state index in [4.69, 9.17) is 9.84 Å². The highest BCUT2D eigenvalue weighted by molar-refractivity contribution is 5.82. The molecule has 0 radical (unpaired) electrons. The Kier molecular flexibility index (Phi) is 3.92. The number of hydrogen-bond acceptors (Lipinski definition) is 4. The Labute approximate surface area is 175 Å². The number of carbonyl (C=O) groups is 1. The molecule has 1 spiro atoms. The number of carbonyl (C=O) groups excluding carboxylic acids is 1. The van der Waals surface area contributed by atoms with E-state index in [-0.39, 0.29) is 17.6 Å². The summed E-state index contributed by atoms with van der Waals surface area (Å²) in [6.07, 6.45) is 7.28. The van der Waals surface area contributed by atoms with Crippen molar-refractivity contribution in [1.82, 2.24) is 19.7 Å². The van der Waals surface area contributed by atoms with Gasteiger partial charge in [0.15, 0.2) is 0 Å². The first-order valence-electron chi connectivity index (χ1n) is 11.0. The average molecular weight is 402 g/mol. The quantitative estimate of drug-likeness (QED) is 0.624. The largest absolute Gasteiger partial charge is 0.446 e. The van der Waals surface area contributed by atoms with Crippen LogP contribution < -0.4 is 0 Å². The zero-order valence-electron chi connectivity index (χ0n) is 17.3. The molecule has 2 aromatic heterocycles. The fraction of sp³-hybridized carbons (Fsp3) is 0.458. The number of hydrogen-bond donors (Lipinski definition) is 0. The lowest BCUT2D eigenvalue weighted by molar-refractivity contribution is 0.0154. The maximum atomic E-state index is 12.5. The van der Waals surface area contributed by atoms with Crippen molar-refractivity contribution in [3.63, 3.8) is 0 Å². The van der Waals surface area contributed by atoms with E-state index in [1.807, 2.05) is 29.3 Å². The Morgan fingerprint density at radius 1 is 1.17 bits per heavy atom. The number of nitrogens with zero attached hydrogens (tertiary/aromatic N) is 4. The van der Waals surface area contributed by atoms with E-state index in [1.165, 1.54) is 18.5 Å². The number of rotatable bonds is 2. The minimum atomic E-state index is -0.142. The van der Waals surface area contributed by atoms with Gasteiger partial charge in [0.25, 0.3) is 0 Å². The monoisotopic (exact) mass is 402 g/mol. The molecule has 4 heterocycles. The number of ether oxygens (including phenoxy) is 1. The standard InChI is InChI=1S/C24H26N4O2/c1-16-12-24(14-27(15-24)23(29)30-19-7-3-4-8-19)22-11-21(26-28(16)22)18-10-17-6-2-5-9-20(17)25-13-18/h2,5-6,9-11,13,16,19H,3-4,7-8,12,14-15H2,1H3. The Balaban J connectivity index is 1.24. The van der Waals surface area contributed by atoms with Crippen LogP contribution in [0.15, 0.2) is 42.6 Å². The van der Waals surface area contributed by atoms with Gasteiger partial charge < -0.3 is 9.64 Å². The molecule has 6 heteroatoms. The third kappa shape index (κ3) is 2.73. The van der Waals surface area contributed by atoms with Gasteiger partial charge in [-0.05, 0) is 57.2 Å². The maximum absolute atomic E-state index is 12.5. The van der Waals surface area contributed by atoms with Crippen LogP contribution in [0.3, 0.4) is 0 Å². The second-order valence-electron chi connectivity index (χ2n) is 9.26. The predicted octanol–water partition coefficient (Wildman–Crippen LogP) is 4.70. The SMILES string of the molecule is CC1CC2(CN(C(=O)OC3CCCC3)C2)c2cc(-c3cnc4ccccc4c3)nn21. The summed E-state index contributed by atoms with van der Waals surface area (Å²) in [5, 5.41) is 6.04. The molecule has 0 N–H and O–H groups in total. The topological polar surface area (TPSA) is 60.3 Å². The molecule has 2 fully saturated rings. The smallest absolute Gasteiger partial charge is 0.410 e. The van der Waals surface area contributed by atoms with Crippen molar-refractivity contribution in [2.45, 2.75) is 56.6 Å². The summed E-state index contributed by atoms with van der Waals surface area (Å²) in [6.45, 7) is 3.67. The second-order valence-corrected chi connectivity index (χ2v) is 9.26. The minimum Gasteiger partial charge on any atom is -0.446 e. The van der Waals surface area contributed by atoms with Gasteiger partial charge in [-0.1, -0.05) is 18.2 Å². The van der Waals surface area contributed by atoms with Gasteiger partial charge in [0.05, 0.1) is 17.3 Å². The van der Waals surface area contributed by atoms with Crippen LogP contribution in [0.25, 0.3) is 22.2 Å². The van der Waals surface area contributed by atoms with Crippen molar-refractivity contribution in [2.75, 3.05) is 13.1 Å². The van der Waals surface area contributed by atoms with Crippen LogP contribution in [0.4, 0.5) is 4.79 Å². The fourth-order valence-corrected chi connectivity index (χ4v) is 5.56. The first-order valence-corrected chi connectivity index (χ1v) is 11.0. The highest BCUT2D eigenvalue weighted by Crippen LogP contribution is 2.48. The molecular weight excluding hydrogens is 376 g/mol. The highest BCUT2D eigenvalue weighted by Gasteiger charge is 2.54. The third-order valence-corrected chi connectivity index (χ3v) is 7.08. The fourth-order valence-electron chi connectivity index (χ4n) is 5.56. The molecule has 3 aliphatic rings. The lowest BCUT2D eigenvalue weighted by atomic mass is 9.75. The molecule has 1 saturated heterocycles. The molecule has 2 aliphatic heterocycles. The van der Waals surface area contributed by atoms with E-state index in [1.54, 1.807) is 0 Å². The summed E-state index contributed by atoms with van der Waals surface area (Å²) in [7, 11) is 0. The molecule has 1 aromatic carbocycles. The number of para-hydroxylation sites is 1. The van der Waals surface area contributed by atoms with Crippen LogP contribution in [0, 0.1) is 0 Å². The van der Waals surface area contributed by atoms with E-state index < -0.39 is 0 Å². The van der Waals surface area contributed by atoms with Gasteiger partial charge in [0.1, 0.15) is 6.10 Å². The summed E-state index contributed by atoms with van der Waals surface area (Å²) < 4.78 is 7.86. The average Bonchev–Trinajstić information content (AvgIpc) is 3.44. The van der Waals surface area contributed by atoms with Gasteiger partial charge in [-0.3, -0.25) is 9.67 Å². The first-order chi connectivity index (χ1) is 14.6. The number of amides is 1. The van der Waals surface area contributed by atoms with Crippen molar-refractivity contribution in [2.24, 2.45) is 0 Å². The first kappa shape index (κ1) is 17.9. The lowest BCUT2D eigenvalue weighted by Crippen LogP contribution is -2.60. The molecule has 1 amide bonds. The van der Waals surface area contributed by atoms with Gasteiger partial charge in [-0.2, -0.15) is 5.10 Å². The Hall–Kier alpha value is -2.89. The van der Waals surface area contributed by atoms with Crippen LogP contribution in [0.5, 0.6) is 0 Å². The van der Waals surface area contributed by atoms with Crippen LogP contribution >= 0.6 is 0 Å². The lowest BCUT2D eigenvalue weighted by Gasteiger charge is -2.47. The molecule has 0 bridgehead atoms. The van der Waals surface area contributed by atoms with Crippen LogP contribution in [0.2, 0.25) is 0 Å². The summed E-state index contributed by atoms with van der Waals surface area (Å²) in [4.78, 5) is 19.0. The Morgan fingerprint density at radius 2 is 1.97 bits per heavy atom. The number of benzene rings is 1. The summed E-state index contributed by atoms with van der Waals surface area (Å²) in [6, 6.07) is 12.8. The molecule has 30 heavy (non-hydrogen) atoms. The highest BCUT2D eigenvalue weighted by atomic mass is 16.6. The van der Waals surface area contributed by atoms with Gasteiger partial charge in [-0.15, -0.1) is 0 Å². The number of fused-ring (bicyclic) bond motifs is 3. The molecule has 1 unspecified atom stereocenters. The van der Waals surface area contributed by atoms with Crippen LogP contribution in [0.1, 0.15) is 50.8 Å². The summed E-state index contributed by atoms with van der Waals surface area (Å²) >= 11 is 0. The molecule has 154 valence electrons. The van der Waals surface area contributed by atoms with Crippen molar-refractivity contribution in [3.05, 3.63) is 48.3 Å². The van der Waals surface area contributed by atoms with Gasteiger partial charge in [0.2, 0.25) is 0 Å². The molecule has 3 aromatic rings. The number of pyridine rings is 1. The van der Waals surface area contributed by atoms with Crippen LogP contribution in [-0.4, -0.2) is 45.0 Å². The van der Waals surface area contributed by atoms with Crippen molar-refractivity contribution in [3.8, 4) is 11.3 Å². The molecule has 1 aliphatic carbocycles.